The highest BCUT2D eigenvalue weighted by Crippen LogP contribution is 2.36. The average Bonchev–Trinajstić information content (AvgIpc) is 3.39. The van der Waals surface area contributed by atoms with Crippen LogP contribution in [0.1, 0.15) is 12.8 Å². The van der Waals surface area contributed by atoms with Gasteiger partial charge in [-0.3, -0.25) is 14.7 Å². The van der Waals surface area contributed by atoms with Crippen molar-refractivity contribution in [3.8, 4) is 17.1 Å². The van der Waals surface area contributed by atoms with Crippen molar-refractivity contribution < 1.29 is 14.4 Å². The number of hydrogen-bond acceptors (Lipinski definition) is 7. The van der Waals surface area contributed by atoms with E-state index in [9.17, 15) is 10.1 Å². The normalized spacial score (nSPS) is 16.1. The number of nitro benzene ring substituents is 1. The van der Waals surface area contributed by atoms with E-state index in [0.717, 1.165) is 30.8 Å². The molecule has 0 radical (unpaired) electrons. The van der Waals surface area contributed by atoms with Gasteiger partial charge < -0.3 is 9.47 Å². The molecule has 150 valence electrons. The van der Waals surface area contributed by atoms with Gasteiger partial charge in [0.1, 0.15) is 5.75 Å². The first-order valence-corrected chi connectivity index (χ1v) is 10.1. The molecule has 0 saturated carbocycles. The van der Waals surface area contributed by atoms with Crippen LogP contribution in [-0.2, 0) is 11.3 Å². The van der Waals surface area contributed by atoms with Gasteiger partial charge in [-0.1, -0.05) is 12.1 Å². The molecule has 1 fully saturated rings. The highest BCUT2D eigenvalue weighted by atomic mass is 32.2. The zero-order chi connectivity index (χ0) is 20.2. The van der Waals surface area contributed by atoms with Crippen molar-refractivity contribution in [2.75, 3.05) is 13.7 Å². The Kier molecular flexibility index (Phi) is 5.77. The molecule has 1 aliphatic rings. The number of ether oxygens (including phenoxy) is 2. The summed E-state index contributed by atoms with van der Waals surface area (Å²) < 4.78 is 13.0. The van der Waals surface area contributed by atoms with E-state index in [1.807, 2.05) is 28.8 Å². The summed E-state index contributed by atoms with van der Waals surface area (Å²) in [6.45, 7) is 1.34. The molecule has 0 N–H and O–H groups in total. The maximum absolute atomic E-state index is 11.4. The van der Waals surface area contributed by atoms with Gasteiger partial charge in [0.15, 0.2) is 11.0 Å². The Hall–Kier alpha value is -2.91. The minimum absolute atomic E-state index is 0.0511. The average molecular weight is 412 g/mol. The molecule has 0 amide bonds. The standard InChI is InChI=1S/C20H20N4O4S/c1-27-15-10-8-14(9-11-15)19-21-22-20(23(19)13-16-5-4-12-28-16)29-18-7-3-2-6-17(18)24(25)26/h2-3,6-11,16H,4-5,12-13H2,1H3/t16-/m1/s1. The van der Waals surface area contributed by atoms with Crippen molar-refractivity contribution in [2.45, 2.75) is 35.5 Å². The van der Waals surface area contributed by atoms with E-state index < -0.39 is 0 Å². The van der Waals surface area contributed by atoms with E-state index in [0.29, 0.717) is 22.4 Å². The molecular formula is C20H20N4O4S. The number of nitrogens with zero attached hydrogens (tertiary/aromatic N) is 4. The van der Waals surface area contributed by atoms with Gasteiger partial charge in [0.2, 0.25) is 0 Å². The minimum atomic E-state index is -0.381. The second kappa shape index (κ2) is 8.62. The van der Waals surface area contributed by atoms with E-state index in [2.05, 4.69) is 10.2 Å². The fourth-order valence-corrected chi connectivity index (χ4v) is 4.21. The Morgan fingerprint density at radius 2 is 2.03 bits per heavy atom. The Morgan fingerprint density at radius 1 is 1.24 bits per heavy atom. The van der Waals surface area contributed by atoms with Gasteiger partial charge >= 0.3 is 0 Å². The topological polar surface area (TPSA) is 92.3 Å². The Balaban J connectivity index is 1.71. The molecular weight excluding hydrogens is 392 g/mol. The Morgan fingerprint density at radius 3 is 2.72 bits per heavy atom. The molecule has 0 bridgehead atoms. The third-order valence-electron chi connectivity index (χ3n) is 4.74. The molecule has 2 aromatic carbocycles. The van der Waals surface area contributed by atoms with Crippen molar-refractivity contribution in [3.63, 3.8) is 0 Å². The zero-order valence-electron chi connectivity index (χ0n) is 15.9. The zero-order valence-corrected chi connectivity index (χ0v) is 16.7. The predicted octanol–water partition coefficient (Wildman–Crippen LogP) is 4.19. The number of rotatable bonds is 7. The summed E-state index contributed by atoms with van der Waals surface area (Å²) >= 11 is 1.24. The quantitative estimate of drug-likeness (QED) is 0.424. The molecule has 29 heavy (non-hydrogen) atoms. The highest BCUT2D eigenvalue weighted by molar-refractivity contribution is 7.99. The molecule has 1 atom stereocenters. The Labute approximate surface area is 172 Å². The van der Waals surface area contributed by atoms with E-state index in [-0.39, 0.29) is 16.7 Å². The van der Waals surface area contributed by atoms with Crippen molar-refractivity contribution in [2.24, 2.45) is 0 Å². The van der Waals surface area contributed by atoms with Crippen LogP contribution >= 0.6 is 11.8 Å². The molecule has 4 rings (SSSR count). The van der Waals surface area contributed by atoms with Gasteiger partial charge in [0.25, 0.3) is 5.69 Å². The fraction of sp³-hybridized carbons (Fsp3) is 0.300. The van der Waals surface area contributed by atoms with Crippen LogP contribution in [0.2, 0.25) is 0 Å². The summed E-state index contributed by atoms with van der Waals surface area (Å²) in [7, 11) is 1.62. The maximum atomic E-state index is 11.4. The van der Waals surface area contributed by atoms with Gasteiger partial charge in [-0.15, -0.1) is 10.2 Å². The second-order valence-electron chi connectivity index (χ2n) is 6.61. The van der Waals surface area contributed by atoms with Gasteiger partial charge in [0.05, 0.1) is 29.6 Å². The number of methoxy groups -OCH3 is 1. The lowest BCUT2D eigenvalue weighted by Crippen LogP contribution is -2.16. The monoisotopic (exact) mass is 412 g/mol. The first-order valence-electron chi connectivity index (χ1n) is 9.26. The van der Waals surface area contributed by atoms with Crippen molar-refractivity contribution in [3.05, 3.63) is 58.6 Å². The first-order chi connectivity index (χ1) is 14.2. The van der Waals surface area contributed by atoms with Crippen LogP contribution in [-0.4, -0.2) is 39.5 Å². The summed E-state index contributed by atoms with van der Waals surface area (Å²) in [5, 5.41) is 20.7. The predicted molar refractivity (Wildman–Crippen MR) is 108 cm³/mol. The van der Waals surface area contributed by atoms with Crippen molar-refractivity contribution in [1.82, 2.24) is 14.8 Å². The Bertz CT molecular complexity index is 1000. The lowest BCUT2D eigenvalue weighted by atomic mass is 10.2. The molecule has 3 aromatic rings. The van der Waals surface area contributed by atoms with Crippen LogP contribution in [0, 0.1) is 10.1 Å². The molecule has 1 aliphatic heterocycles. The summed E-state index contributed by atoms with van der Waals surface area (Å²) in [6.07, 6.45) is 2.07. The molecule has 9 heteroatoms. The summed E-state index contributed by atoms with van der Waals surface area (Å²) in [5.74, 6) is 1.46. The number of benzene rings is 2. The van der Waals surface area contributed by atoms with E-state index in [1.54, 1.807) is 25.3 Å². The largest absolute Gasteiger partial charge is 0.497 e. The van der Waals surface area contributed by atoms with Crippen LogP contribution < -0.4 is 4.74 Å². The van der Waals surface area contributed by atoms with Crippen molar-refractivity contribution in [1.29, 1.82) is 0 Å². The van der Waals surface area contributed by atoms with Crippen LogP contribution in [0.4, 0.5) is 5.69 Å². The van der Waals surface area contributed by atoms with Gasteiger partial charge in [-0.25, -0.2) is 0 Å². The van der Waals surface area contributed by atoms with Crippen LogP contribution in [0.5, 0.6) is 5.75 Å². The van der Waals surface area contributed by atoms with Crippen LogP contribution in [0.3, 0.4) is 0 Å². The third-order valence-corrected chi connectivity index (χ3v) is 5.79. The highest BCUT2D eigenvalue weighted by Gasteiger charge is 2.24. The number of hydrogen-bond donors (Lipinski definition) is 0. The molecule has 2 heterocycles. The number of aromatic nitrogens is 3. The molecule has 1 aromatic heterocycles. The molecule has 0 aliphatic carbocycles. The second-order valence-corrected chi connectivity index (χ2v) is 7.62. The SMILES string of the molecule is COc1ccc(-c2nnc(Sc3ccccc3[N+](=O)[O-])n2C[C@H]2CCCO2)cc1. The van der Waals surface area contributed by atoms with Gasteiger partial charge in [0, 0.05) is 18.2 Å². The number of nitro groups is 1. The van der Waals surface area contributed by atoms with Crippen LogP contribution in [0.15, 0.2) is 58.6 Å². The number of para-hydroxylation sites is 1. The smallest absolute Gasteiger partial charge is 0.283 e. The molecule has 8 nitrogen and oxygen atoms in total. The van der Waals surface area contributed by atoms with Crippen molar-refractivity contribution >= 4 is 17.4 Å². The van der Waals surface area contributed by atoms with E-state index in [4.69, 9.17) is 9.47 Å². The van der Waals surface area contributed by atoms with E-state index >= 15 is 0 Å². The summed E-state index contributed by atoms with van der Waals surface area (Å²) in [5.41, 5.74) is 0.945. The fourth-order valence-electron chi connectivity index (χ4n) is 3.27. The third kappa shape index (κ3) is 4.25. The maximum Gasteiger partial charge on any atom is 0.283 e. The lowest BCUT2D eigenvalue weighted by Gasteiger charge is -2.15. The lowest BCUT2D eigenvalue weighted by molar-refractivity contribution is -0.387. The summed E-state index contributed by atoms with van der Waals surface area (Å²) in [4.78, 5) is 11.5. The first kappa shape index (κ1) is 19.4. The van der Waals surface area contributed by atoms with Crippen LogP contribution in [0.25, 0.3) is 11.4 Å². The van der Waals surface area contributed by atoms with Gasteiger partial charge in [-0.2, -0.15) is 0 Å². The summed E-state index contributed by atoms with van der Waals surface area (Å²) in [6, 6.07) is 14.2. The minimum Gasteiger partial charge on any atom is -0.497 e. The molecule has 0 unspecified atom stereocenters. The molecule has 1 saturated heterocycles. The molecule has 0 spiro atoms. The van der Waals surface area contributed by atoms with E-state index in [1.165, 1.54) is 17.8 Å². The van der Waals surface area contributed by atoms with Gasteiger partial charge in [-0.05, 0) is 54.9 Å².